The minimum Gasteiger partial charge on any atom is -0.374 e. The van der Waals surface area contributed by atoms with Gasteiger partial charge < -0.3 is 14.4 Å². The SMILES string of the molecule is c1cncc(N2CCO[C@@H]3[C@@H](COCc4nccs4)CC[C@H]32)c1. The fourth-order valence-electron chi connectivity index (χ4n) is 3.71. The summed E-state index contributed by atoms with van der Waals surface area (Å²) in [6.45, 7) is 3.08. The smallest absolute Gasteiger partial charge is 0.118 e. The normalized spacial score (nSPS) is 27.1. The number of rotatable bonds is 5. The van der Waals surface area contributed by atoms with Crippen molar-refractivity contribution < 1.29 is 9.47 Å². The summed E-state index contributed by atoms with van der Waals surface area (Å²) >= 11 is 1.64. The average Bonchev–Trinajstić information content (AvgIpc) is 3.26. The lowest BCUT2D eigenvalue weighted by Crippen LogP contribution is -2.51. The quantitative estimate of drug-likeness (QED) is 0.843. The van der Waals surface area contributed by atoms with Gasteiger partial charge in [0.05, 0.1) is 43.9 Å². The van der Waals surface area contributed by atoms with Crippen LogP contribution in [0.15, 0.2) is 36.1 Å². The molecule has 0 unspecified atom stereocenters. The van der Waals surface area contributed by atoms with E-state index in [0.717, 1.165) is 37.6 Å². The molecule has 5 nitrogen and oxygen atoms in total. The van der Waals surface area contributed by atoms with Gasteiger partial charge in [0, 0.05) is 30.2 Å². The van der Waals surface area contributed by atoms with Crippen molar-refractivity contribution in [2.75, 3.05) is 24.7 Å². The molecule has 3 heterocycles. The first-order valence-corrected chi connectivity index (χ1v) is 9.04. The standard InChI is InChI=1S/C17H21N3O2S/c1-2-14(10-18-5-1)20-7-8-22-17-13(3-4-15(17)20)11-21-12-16-19-6-9-23-16/h1-2,5-6,9-10,13,15,17H,3-4,7-8,11-12H2/t13-,15-,17-/m1/s1. The highest BCUT2D eigenvalue weighted by atomic mass is 32.1. The van der Waals surface area contributed by atoms with Gasteiger partial charge in [0.2, 0.25) is 0 Å². The molecular weight excluding hydrogens is 310 g/mol. The lowest BCUT2D eigenvalue weighted by Gasteiger charge is -2.40. The summed E-state index contributed by atoms with van der Waals surface area (Å²) < 4.78 is 12.0. The molecule has 2 aromatic rings. The molecule has 3 atom stereocenters. The fourth-order valence-corrected chi connectivity index (χ4v) is 4.26. The first kappa shape index (κ1) is 15.1. The molecule has 2 fully saturated rings. The molecule has 0 spiro atoms. The largest absolute Gasteiger partial charge is 0.374 e. The van der Waals surface area contributed by atoms with Crippen LogP contribution in [0.5, 0.6) is 0 Å². The van der Waals surface area contributed by atoms with E-state index in [1.807, 2.05) is 30.0 Å². The molecule has 1 aliphatic carbocycles. The zero-order valence-corrected chi connectivity index (χ0v) is 13.8. The Kier molecular flexibility index (Phi) is 4.55. The molecule has 1 saturated heterocycles. The van der Waals surface area contributed by atoms with Crippen molar-refractivity contribution in [1.82, 2.24) is 9.97 Å². The number of thiazole rings is 1. The molecule has 0 radical (unpaired) electrons. The lowest BCUT2D eigenvalue weighted by atomic mass is 10.0. The minimum atomic E-state index is 0.264. The third kappa shape index (κ3) is 3.24. The van der Waals surface area contributed by atoms with Gasteiger partial charge in [-0.25, -0.2) is 4.98 Å². The number of morpholine rings is 1. The van der Waals surface area contributed by atoms with Crippen molar-refractivity contribution in [3.05, 3.63) is 41.1 Å². The van der Waals surface area contributed by atoms with Crippen molar-refractivity contribution in [1.29, 1.82) is 0 Å². The second-order valence-corrected chi connectivity index (χ2v) is 7.06. The lowest BCUT2D eigenvalue weighted by molar-refractivity contribution is -0.0307. The zero-order valence-electron chi connectivity index (χ0n) is 13.0. The molecule has 2 aliphatic rings. The maximum atomic E-state index is 6.10. The summed E-state index contributed by atoms with van der Waals surface area (Å²) in [4.78, 5) is 11.0. The van der Waals surface area contributed by atoms with E-state index >= 15 is 0 Å². The summed E-state index contributed by atoms with van der Waals surface area (Å²) in [5.41, 5.74) is 1.20. The van der Waals surface area contributed by atoms with Crippen LogP contribution in [-0.2, 0) is 16.1 Å². The number of anilines is 1. The molecule has 23 heavy (non-hydrogen) atoms. The Labute approximate surface area is 140 Å². The van der Waals surface area contributed by atoms with Gasteiger partial charge in [0.25, 0.3) is 0 Å². The van der Waals surface area contributed by atoms with Gasteiger partial charge in [-0.05, 0) is 25.0 Å². The monoisotopic (exact) mass is 331 g/mol. The van der Waals surface area contributed by atoms with E-state index in [1.54, 1.807) is 11.3 Å². The van der Waals surface area contributed by atoms with Crippen LogP contribution in [0.25, 0.3) is 0 Å². The maximum absolute atomic E-state index is 6.10. The van der Waals surface area contributed by atoms with Gasteiger partial charge >= 0.3 is 0 Å². The van der Waals surface area contributed by atoms with Crippen LogP contribution in [0.1, 0.15) is 17.8 Å². The minimum absolute atomic E-state index is 0.264. The van der Waals surface area contributed by atoms with Gasteiger partial charge in [0.15, 0.2) is 0 Å². The van der Waals surface area contributed by atoms with Gasteiger partial charge in [0.1, 0.15) is 5.01 Å². The number of pyridine rings is 1. The Bertz CT molecular complexity index is 608. The van der Waals surface area contributed by atoms with E-state index in [4.69, 9.17) is 9.47 Å². The number of hydrogen-bond donors (Lipinski definition) is 0. The summed E-state index contributed by atoms with van der Waals surface area (Å²) in [6, 6.07) is 4.59. The van der Waals surface area contributed by atoms with Crippen LogP contribution in [0.2, 0.25) is 0 Å². The molecule has 122 valence electrons. The van der Waals surface area contributed by atoms with E-state index in [0.29, 0.717) is 18.6 Å². The predicted octanol–water partition coefficient (Wildman–Crippen LogP) is 2.74. The second-order valence-electron chi connectivity index (χ2n) is 6.09. The molecule has 2 aromatic heterocycles. The highest BCUT2D eigenvalue weighted by Crippen LogP contribution is 2.37. The summed E-state index contributed by atoms with van der Waals surface area (Å²) in [5, 5.41) is 3.03. The number of hydrogen-bond acceptors (Lipinski definition) is 6. The third-order valence-corrected chi connectivity index (χ3v) is 5.49. The van der Waals surface area contributed by atoms with E-state index in [2.05, 4.69) is 20.9 Å². The summed E-state index contributed by atoms with van der Waals surface area (Å²) in [6.07, 6.45) is 8.18. The molecule has 1 aliphatic heterocycles. The average molecular weight is 331 g/mol. The van der Waals surface area contributed by atoms with Crippen molar-refractivity contribution in [3.63, 3.8) is 0 Å². The zero-order chi connectivity index (χ0) is 15.5. The number of ether oxygens (including phenoxy) is 2. The van der Waals surface area contributed by atoms with E-state index < -0.39 is 0 Å². The number of aromatic nitrogens is 2. The van der Waals surface area contributed by atoms with E-state index in [9.17, 15) is 0 Å². The molecule has 6 heteroatoms. The second kappa shape index (κ2) is 6.95. The molecule has 0 N–H and O–H groups in total. The van der Waals surface area contributed by atoms with Crippen molar-refractivity contribution >= 4 is 17.0 Å². The van der Waals surface area contributed by atoms with Crippen LogP contribution >= 0.6 is 11.3 Å². The topological polar surface area (TPSA) is 47.5 Å². The Hall–Kier alpha value is -1.50. The molecule has 0 amide bonds. The van der Waals surface area contributed by atoms with Crippen LogP contribution in [0.3, 0.4) is 0 Å². The van der Waals surface area contributed by atoms with Crippen LogP contribution in [0.4, 0.5) is 5.69 Å². The van der Waals surface area contributed by atoms with Gasteiger partial charge in [-0.1, -0.05) is 0 Å². The first-order chi connectivity index (χ1) is 11.4. The molecule has 0 bridgehead atoms. The first-order valence-electron chi connectivity index (χ1n) is 8.16. The fraction of sp³-hybridized carbons (Fsp3) is 0.529. The Morgan fingerprint density at radius 1 is 1.35 bits per heavy atom. The van der Waals surface area contributed by atoms with Crippen molar-refractivity contribution in [3.8, 4) is 0 Å². The molecule has 4 rings (SSSR count). The van der Waals surface area contributed by atoms with Crippen LogP contribution in [0, 0.1) is 5.92 Å². The van der Waals surface area contributed by atoms with Gasteiger partial charge in [-0.15, -0.1) is 11.3 Å². The molecular formula is C17H21N3O2S. The van der Waals surface area contributed by atoms with Crippen molar-refractivity contribution in [2.45, 2.75) is 31.6 Å². The Balaban J connectivity index is 1.37. The number of fused-ring (bicyclic) bond motifs is 1. The van der Waals surface area contributed by atoms with Crippen LogP contribution in [-0.4, -0.2) is 41.9 Å². The third-order valence-electron chi connectivity index (χ3n) is 4.74. The highest BCUT2D eigenvalue weighted by molar-refractivity contribution is 7.09. The van der Waals surface area contributed by atoms with Crippen molar-refractivity contribution in [2.24, 2.45) is 5.92 Å². The number of nitrogens with zero attached hydrogens (tertiary/aromatic N) is 3. The predicted molar refractivity (Wildman–Crippen MR) is 89.6 cm³/mol. The van der Waals surface area contributed by atoms with Gasteiger partial charge in [-0.2, -0.15) is 0 Å². The Morgan fingerprint density at radius 2 is 2.35 bits per heavy atom. The summed E-state index contributed by atoms with van der Waals surface area (Å²) in [7, 11) is 0. The van der Waals surface area contributed by atoms with Crippen LogP contribution < -0.4 is 4.90 Å². The van der Waals surface area contributed by atoms with Gasteiger partial charge in [-0.3, -0.25) is 4.98 Å². The molecule has 1 saturated carbocycles. The highest BCUT2D eigenvalue weighted by Gasteiger charge is 2.42. The Morgan fingerprint density at radius 3 is 3.17 bits per heavy atom. The maximum Gasteiger partial charge on any atom is 0.118 e. The summed E-state index contributed by atoms with van der Waals surface area (Å²) in [5.74, 6) is 0.472. The van der Waals surface area contributed by atoms with E-state index in [-0.39, 0.29) is 6.10 Å². The molecule has 0 aromatic carbocycles. The van der Waals surface area contributed by atoms with E-state index in [1.165, 1.54) is 5.69 Å².